The van der Waals surface area contributed by atoms with Gasteiger partial charge in [0.15, 0.2) is 0 Å². The summed E-state index contributed by atoms with van der Waals surface area (Å²) in [5.74, 6) is 3.01. The van der Waals surface area contributed by atoms with Crippen LogP contribution in [0.15, 0.2) is 0 Å². The molecule has 4 saturated carbocycles. The first-order chi connectivity index (χ1) is 9.23. The zero-order valence-corrected chi connectivity index (χ0v) is 13.0. The molecule has 0 atom stereocenters. The van der Waals surface area contributed by atoms with Gasteiger partial charge in [-0.3, -0.25) is 4.79 Å². The van der Waals surface area contributed by atoms with Crippen molar-refractivity contribution in [3.05, 3.63) is 0 Å². The number of rotatable bonds is 2. The molecule has 0 spiro atoms. The molecule has 1 aliphatic heterocycles. The molecule has 5 fully saturated rings. The highest BCUT2D eigenvalue weighted by atomic mass is 35.5. The van der Waals surface area contributed by atoms with Gasteiger partial charge in [0, 0.05) is 11.5 Å². The SMILES string of the molecule is Cl.O=C(NC1CCNCC1)C12CC3CC(CC(C3)C1)C2. The lowest BCUT2D eigenvalue weighted by Crippen LogP contribution is -2.56. The molecule has 3 nitrogen and oxygen atoms in total. The number of hydrogen-bond acceptors (Lipinski definition) is 2. The van der Waals surface area contributed by atoms with Crippen LogP contribution in [0.5, 0.6) is 0 Å². The number of amides is 1. The first kappa shape index (κ1) is 14.6. The van der Waals surface area contributed by atoms with E-state index in [0.29, 0.717) is 11.9 Å². The van der Waals surface area contributed by atoms with E-state index in [1.165, 1.54) is 38.5 Å². The molecule has 0 radical (unpaired) electrons. The average molecular weight is 299 g/mol. The number of halogens is 1. The summed E-state index contributed by atoms with van der Waals surface area (Å²) in [7, 11) is 0. The Labute approximate surface area is 128 Å². The third-order valence-corrected chi connectivity index (χ3v) is 6.19. The van der Waals surface area contributed by atoms with Gasteiger partial charge in [0.1, 0.15) is 0 Å². The number of carbonyl (C=O) groups is 1. The summed E-state index contributed by atoms with van der Waals surface area (Å²) in [6, 6.07) is 0.432. The van der Waals surface area contributed by atoms with Crippen LogP contribution in [0.4, 0.5) is 0 Å². The summed E-state index contributed by atoms with van der Waals surface area (Å²) < 4.78 is 0. The number of piperidine rings is 1. The minimum atomic E-state index is 0. The fourth-order valence-corrected chi connectivity index (χ4v) is 5.69. The fourth-order valence-electron chi connectivity index (χ4n) is 5.69. The molecule has 20 heavy (non-hydrogen) atoms. The summed E-state index contributed by atoms with van der Waals surface area (Å²) in [5.41, 5.74) is 0.0413. The molecule has 4 heteroatoms. The third-order valence-electron chi connectivity index (χ3n) is 6.19. The monoisotopic (exact) mass is 298 g/mol. The highest BCUT2D eigenvalue weighted by Crippen LogP contribution is 2.60. The predicted octanol–water partition coefficient (Wildman–Crippen LogP) is 2.49. The maximum Gasteiger partial charge on any atom is 0.226 e. The molecule has 1 saturated heterocycles. The molecule has 114 valence electrons. The van der Waals surface area contributed by atoms with Crippen LogP contribution in [0.2, 0.25) is 0 Å². The zero-order chi connectivity index (χ0) is 12.9. The lowest BCUT2D eigenvalue weighted by molar-refractivity contribution is -0.147. The van der Waals surface area contributed by atoms with E-state index in [4.69, 9.17) is 0 Å². The van der Waals surface area contributed by atoms with Crippen LogP contribution in [0.1, 0.15) is 51.4 Å². The molecule has 0 aromatic heterocycles. The van der Waals surface area contributed by atoms with Crippen molar-refractivity contribution >= 4 is 18.3 Å². The van der Waals surface area contributed by atoms with Crippen LogP contribution in [-0.4, -0.2) is 25.0 Å². The van der Waals surface area contributed by atoms with Crippen molar-refractivity contribution in [2.45, 2.75) is 57.4 Å². The van der Waals surface area contributed by atoms with Gasteiger partial charge < -0.3 is 10.6 Å². The molecule has 1 amide bonds. The van der Waals surface area contributed by atoms with Crippen LogP contribution >= 0.6 is 12.4 Å². The largest absolute Gasteiger partial charge is 0.353 e. The van der Waals surface area contributed by atoms with Crippen molar-refractivity contribution in [2.75, 3.05) is 13.1 Å². The molecule has 1 heterocycles. The Kier molecular flexibility index (Phi) is 4.02. The number of carbonyl (C=O) groups excluding carboxylic acids is 1. The van der Waals surface area contributed by atoms with Gasteiger partial charge in [-0.1, -0.05) is 0 Å². The van der Waals surface area contributed by atoms with E-state index < -0.39 is 0 Å². The maximum absolute atomic E-state index is 12.8. The van der Waals surface area contributed by atoms with E-state index in [1.54, 1.807) is 0 Å². The van der Waals surface area contributed by atoms with Gasteiger partial charge >= 0.3 is 0 Å². The van der Waals surface area contributed by atoms with Gasteiger partial charge in [-0.15, -0.1) is 12.4 Å². The van der Waals surface area contributed by atoms with Crippen molar-refractivity contribution < 1.29 is 4.79 Å². The summed E-state index contributed by atoms with van der Waals surface area (Å²) in [6.45, 7) is 2.12. The highest BCUT2D eigenvalue weighted by Gasteiger charge is 2.54. The summed E-state index contributed by atoms with van der Waals surface area (Å²) in [5, 5.41) is 6.77. The Morgan fingerprint density at radius 2 is 1.45 bits per heavy atom. The molecule has 2 N–H and O–H groups in total. The lowest BCUT2D eigenvalue weighted by Gasteiger charge is -2.56. The topological polar surface area (TPSA) is 41.1 Å². The Hall–Kier alpha value is -0.280. The third kappa shape index (κ3) is 2.48. The van der Waals surface area contributed by atoms with Crippen LogP contribution in [-0.2, 0) is 4.79 Å². The minimum absolute atomic E-state index is 0. The fraction of sp³-hybridized carbons (Fsp3) is 0.938. The van der Waals surface area contributed by atoms with Crippen LogP contribution in [0, 0.1) is 23.2 Å². The van der Waals surface area contributed by atoms with Crippen molar-refractivity contribution in [1.82, 2.24) is 10.6 Å². The van der Waals surface area contributed by atoms with Crippen molar-refractivity contribution in [3.8, 4) is 0 Å². The van der Waals surface area contributed by atoms with Gasteiger partial charge in [-0.2, -0.15) is 0 Å². The lowest BCUT2D eigenvalue weighted by atomic mass is 9.49. The van der Waals surface area contributed by atoms with Gasteiger partial charge in [-0.05, 0) is 82.2 Å². The predicted molar refractivity (Wildman–Crippen MR) is 81.9 cm³/mol. The maximum atomic E-state index is 12.8. The highest BCUT2D eigenvalue weighted by molar-refractivity contribution is 5.85. The molecule has 0 aromatic carbocycles. The van der Waals surface area contributed by atoms with E-state index in [2.05, 4.69) is 10.6 Å². The van der Waals surface area contributed by atoms with E-state index in [9.17, 15) is 4.79 Å². The van der Waals surface area contributed by atoms with Crippen LogP contribution in [0.25, 0.3) is 0 Å². The summed E-state index contributed by atoms with van der Waals surface area (Å²) >= 11 is 0. The van der Waals surface area contributed by atoms with Crippen molar-refractivity contribution in [1.29, 1.82) is 0 Å². The first-order valence-corrected chi connectivity index (χ1v) is 8.25. The Morgan fingerprint density at radius 1 is 0.950 bits per heavy atom. The quantitative estimate of drug-likeness (QED) is 0.822. The normalized spacial score (nSPS) is 43.1. The van der Waals surface area contributed by atoms with E-state index in [-0.39, 0.29) is 17.8 Å². The molecule has 5 rings (SSSR count). The molecule has 0 aromatic rings. The van der Waals surface area contributed by atoms with Crippen molar-refractivity contribution in [3.63, 3.8) is 0 Å². The van der Waals surface area contributed by atoms with Crippen LogP contribution < -0.4 is 10.6 Å². The van der Waals surface area contributed by atoms with Gasteiger partial charge in [0.2, 0.25) is 5.91 Å². The number of hydrogen-bond donors (Lipinski definition) is 2. The molecule has 0 unspecified atom stereocenters. The minimum Gasteiger partial charge on any atom is -0.353 e. The van der Waals surface area contributed by atoms with E-state index >= 15 is 0 Å². The molecule has 5 aliphatic rings. The second-order valence-corrected chi connectivity index (χ2v) is 7.70. The number of nitrogens with one attached hydrogen (secondary N) is 2. The molecule has 4 aliphatic carbocycles. The Balaban J connectivity index is 0.00000121. The van der Waals surface area contributed by atoms with Gasteiger partial charge in [-0.25, -0.2) is 0 Å². The standard InChI is InChI=1S/C16H26N2O.ClH/c19-15(18-14-1-3-17-4-2-14)16-8-11-5-12(9-16)7-13(6-11)10-16;/h11-14,17H,1-10H2,(H,18,19);1H. The van der Waals surface area contributed by atoms with Gasteiger partial charge in [0.25, 0.3) is 0 Å². The van der Waals surface area contributed by atoms with Crippen LogP contribution in [0.3, 0.4) is 0 Å². The first-order valence-electron chi connectivity index (χ1n) is 8.25. The summed E-state index contributed by atoms with van der Waals surface area (Å²) in [6.07, 6.45) is 10.0. The van der Waals surface area contributed by atoms with E-state index in [1.807, 2.05) is 0 Å². The van der Waals surface area contributed by atoms with Crippen molar-refractivity contribution in [2.24, 2.45) is 23.2 Å². The molecule has 4 bridgehead atoms. The molecular formula is C16H27ClN2O. The summed E-state index contributed by atoms with van der Waals surface area (Å²) in [4.78, 5) is 12.8. The second kappa shape index (κ2) is 5.49. The average Bonchev–Trinajstić information content (AvgIpc) is 2.38. The smallest absolute Gasteiger partial charge is 0.226 e. The Bertz CT molecular complexity index is 343. The molecular weight excluding hydrogens is 272 g/mol. The second-order valence-electron chi connectivity index (χ2n) is 7.70. The van der Waals surface area contributed by atoms with E-state index in [0.717, 1.165) is 43.7 Å². The zero-order valence-electron chi connectivity index (χ0n) is 12.2. The Morgan fingerprint density at radius 3 is 1.95 bits per heavy atom. The van der Waals surface area contributed by atoms with Gasteiger partial charge in [0.05, 0.1) is 0 Å².